The average molecular weight is 416 g/mol. The highest BCUT2D eigenvalue weighted by Crippen LogP contribution is 2.38. The van der Waals surface area contributed by atoms with E-state index < -0.39 is 0 Å². The summed E-state index contributed by atoms with van der Waals surface area (Å²) >= 11 is 1.63. The molecule has 0 saturated carbocycles. The van der Waals surface area contributed by atoms with Gasteiger partial charge < -0.3 is 10.4 Å². The van der Waals surface area contributed by atoms with Crippen molar-refractivity contribution in [3.63, 3.8) is 0 Å². The van der Waals surface area contributed by atoms with E-state index in [1.54, 1.807) is 29.7 Å². The summed E-state index contributed by atoms with van der Waals surface area (Å²) in [7, 11) is 0. The Labute approximate surface area is 179 Å². The van der Waals surface area contributed by atoms with Crippen LogP contribution >= 0.6 is 11.3 Å². The Kier molecular flexibility index (Phi) is 5.97. The van der Waals surface area contributed by atoms with Crippen LogP contribution in [0.15, 0.2) is 72.9 Å². The molecule has 0 spiro atoms. The van der Waals surface area contributed by atoms with Crippen molar-refractivity contribution in [1.82, 2.24) is 9.97 Å². The molecule has 4 aromatic rings. The molecular weight excluding hydrogens is 394 g/mol. The standard InChI is InChI=1S/C24H21N3O2S/c1-2-21-27-22(18-10-6-7-16(13-18)15-28)23(30-21)19-11-12-25-20(14-19)26-24(29)17-8-4-3-5-9-17/h3-14,28H,2,15H2,1H3,(H,25,26,29). The van der Waals surface area contributed by atoms with Gasteiger partial charge in [0.05, 0.1) is 22.2 Å². The number of benzene rings is 2. The average Bonchev–Trinajstić information content (AvgIpc) is 3.24. The number of pyridine rings is 1. The van der Waals surface area contributed by atoms with Gasteiger partial charge in [0.1, 0.15) is 5.82 Å². The van der Waals surface area contributed by atoms with E-state index in [0.29, 0.717) is 11.4 Å². The Morgan fingerprint density at radius 1 is 1.03 bits per heavy atom. The number of nitrogens with one attached hydrogen (secondary N) is 1. The minimum atomic E-state index is -0.199. The van der Waals surface area contributed by atoms with E-state index in [1.807, 2.05) is 54.6 Å². The summed E-state index contributed by atoms with van der Waals surface area (Å²) in [5.74, 6) is 0.289. The van der Waals surface area contributed by atoms with Crippen LogP contribution in [-0.4, -0.2) is 21.0 Å². The number of hydrogen-bond donors (Lipinski definition) is 2. The predicted molar refractivity (Wildman–Crippen MR) is 120 cm³/mol. The van der Waals surface area contributed by atoms with Gasteiger partial charge in [-0.3, -0.25) is 4.79 Å². The van der Waals surface area contributed by atoms with Gasteiger partial charge in [0, 0.05) is 17.3 Å². The lowest BCUT2D eigenvalue weighted by molar-refractivity contribution is 0.102. The molecule has 150 valence electrons. The van der Waals surface area contributed by atoms with Gasteiger partial charge in [-0.1, -0.05) is 43.3 Å². The lowest BCUT2D eigenvalue weighted by Gasteiger charge is -2.08. The van der Waals surface area contributed by atoms with Gasteiger partial charge in [-0.05, 0) is 47.9 Å². The minimum absolute atomic E-state index is 0.0150. The van der Waals surface area contributed by atoms with Crippen molar-refractivity contribution in [3.05, 3.63) is 89.1 Å². The van der Waals surface area contributed by atoms with Gasteiger partial charge in [-0.2, -0.15) is 0 Å². The van der Waals surface area contributed by atoms with Gasteiger partial charge in [-0.25, -0.2) is 9.97 Å². The third-order valence-electron chi connectivity index (χ3n) is 4.66. The molecule has 2 aromatic carbocycles. The number of aliphatic hydroxyl groups is 1. The van der Waals surface area contributed by atoms with Crippen molar-refractivity contribution in [3.8, 4) is 21.7 Å². The Hall–Kier alpha value is -3.35. The minimum Gasteiger partial charge on any atom is -0.392 e. The molecular formula is C24H21N3O2S. The first-order valence-electron chi connectivity index (χ1n) is 9.70. The molecule has 2 heterocycles. The second-order valence-electron chi connectivity index (χ2n) is 6.75. The maximum Gasteiger partial charge on any atom is 0.256 e. The molecule has 0 unspecified atom stereocenters. The summed E-state index contributed by atoms with van der Waals surface area (Å²) in [6.07, 6.45) is 2.52. The molecule has 4 rings (SSSR count). The summed E-state index contributed by atoms with van der Waals surface area (Å²) in [5, 5.41) is 13.4. The lowest BCUT2D eigenvalue weighted by Crippen LogP contribution is -2.12. The first kappa shape index (κ1) is 19.9. The van der Waals surface area contributed by atoms with Crippen LogP contribution in [-0.2, 0) is 13.0 Å². The highest BCUT2D eigenvalue weighted by molar-refractivity contribution is 7.15. The summed E-state index contributed by atoms with van der Waals surface area (Å²) < 4.78 is 0. The van der Waals surface area contributed by atoms with Crippen molar-refractivity contribution in [2.45, 2.75) is 20.0 Å². The van der Waals surface area contributed by atoms with Crippen molar-refractivity contribution in [2.24, 2.45) is 0 Å². The number of aliphatic hydroxyl groups excluding tert-OH is 1. The van der Waals surface area contributed by atoms with Gasteiger partial charge in [0.2, 0.25) is 0 Å². The molecule has 2 aromatic heterocycles. The molecule has 0 saturated heterocycles. The highest BCUT2D eigenvalue weighted by atomic mass is 32.1. The molecule has 5 nitrogen and oxygen atoms in total. The van der Waals surface area contributed by atoms with Crippen LogP contribution in [0.1, 0.15) is 27.9 Å². The molecule has 6 heteroatoms. The normalized spacial score (nSPS) is 10.7. The molecule has 0 radical (unpaired) electrons. The van der Waals surface area contributed by atoms with Crippen LogP contribution in [0.25, 0.3) is 21.7 Å². The number of carbonyl (C=O) groups is 1. The molecule has 0 bridgehead atoms. The number of amides is 1. The van der Waals surface area contributed by atoms with E-state index in [2.05, 4.69) is 17.2 Å². The van der Waals surface area contributed by atoms with Crippen LogP contribution in [0.3, 0.4) is 0 Å². The summed E-state index contributed by atoms with van der Waals surface area (Å²) in [4.78, 5) is 22.6. The number of aryl methyl sites for hydroxylation is 1. The van der Waals surface area contributed by atoms with Crippen LogP contribution in [0, 0.1) is 0 Å². The fraction of sp³-hybridized carbons (Fsp3) is 0.125. The Morgan fingerprint density at radius 3 is 2.63 bits per heavy atom. The topological polar surface area (TPSA) is 75.1 Å². The van der Waals surface area contributed by atoms with Crippen molar-refractivity contribution >= 4 is 23.1 Å². The zero-order chi connectivity index (χ0) is 20.9. The largest absolute Gasteiger partial charge is 0.392 e. The van der Waals surface area contributed by atoms with E-state index >= 15 is 0 Å². The molecule has 2 N–H and O–H groups in total. The second kappa shape index (κ2) is 8.98. The number of carbonyl (C=O) groups excluding carboxylic acids is 1. The van der Waals surface area contributed by atoms with Gasteiger partial charge in [0.15, 0.2) is 0 Å². The molecule has 0 aliphatic rings. The van der Waals surface area contributed by atoms with E-state index in [-0.39, 0.29) is 12.5 Å². The summed E-state index contributed by atoms with van der Waals surface area (Å²) in [6.45, 7) is 2.06. The third kappa shape index (κ3) is 4.30. The van der Waals surface area contributed by atoms with Crippen LogP contribution < -0.4 is 5.32 Å². The molecule has 0 fully saturated rings. The number of thiazole rings is 1. The van der Waals surface area contributed by atoms with E-state index in [0.717, 1.165) is 38.7 Å². The fourth-order valence-electron chi connectivity index (χ4n) is 3.14. The van der Waals surface area contributed by atoms with Crippen LogP contribution in [0.5, 0.6) is 0 Å². The maximum atomic E-state index is 12.5. The molecule has 0 aliphatic heterocycles. The van der Waals surface area contributed by atoms with Crippen molar-refractivity contribution < 1.29 is 9.90 Å². The molecule has 0 atom stereocenters. The number of aromatic nitrogens is 2. The number of rotatable bonds is 6. The Balaban J connectivity index is 1.70. The van der Waals surface area contributed by atoms with E-state index in [4.69, 9.17) is 4.98 Å². The van der Waals surface area contributed by atoms with Crippen LogP contribution in [0.4, 0.5) is 5.82 Å². The quantitative estimate of drug-likeness (QED) is 0.455. The van der Waals surface area contributed by atoms with Gasteiger partial charge in [0.25, 0.3) is 5.91 Å². The van der Waals surface area contributed by atoms with E-state index in [1.165, 1.54) is 0 Å². The second-order valence-corrected chi connectivity index (χ2v) is 7.83. The zero-order valence-corrected chi connectivity index (χ0v) is 17.3. The molecule has 0 aliphatic carbocycles. The van der Waals surface area contributed by atoms with Crippen molar-refractivity contribution in [2.75, 3.05) is 5.32 Å². The first-order chi connectivity index (χ1) is 14.7. The third-order valence-corrected chi connectivity index (χ3v) is 5.91. The highest BCUT2D eigenvalue weighted by Gasteiger charge is 2.16. The lowest BCUT2D eigenvalue weighted by atomic mass is 10.0. The number of hydrogen-bond acceptors (Lipinski definition) is 5. The predicted octanol–water partition coefficient (Wildman–Crippen LogP) is 5.18. The Morgan fingerprint density at radius 2 is 1.87 bits per heavy atom. The van der Waals surface area contributed by atoms with E-state index in [9.17, 15) is 9.90 Å². The monoisotopic (exact) mass is 415 g/mol. The maximum absolute atomic E-state index is 12.5. The fourth-order valence-corrected chi connectivity index (χ4v) is 4.16. The van der Waals surface area contributed by atoms with Gasteiger partial charge >= 0.3 is 0 Å². The SMILES string of the molecule is CCc1nc(-c2cccc(CO)c2)c(-c2ccnc(NC(=O)c3ccccc3)c2)s1. The summed E-state index contributed by atoms with van der Waals surface area (Å²) in [5.41, 5.74) is 4.19. The summed E-state index contributed by atoms with van der Waals surface area (Å²) in [6, 6.07) is 20.6. The zero-order valence-electron chi connectivity index (χ0n) is 16.5. The number of anilines is 1. The molecule has 30 heavy (non-hydrogen) atoms. The smallest absolute Gasteiger partial charge is 0.256 e. The Bertz CT molecular complexity index is 1170. The van der Waals surface area contributed by atoms with Crippen molar-refractivity contribution in [1.29, 1.82) is 0 Å². The van der Waals surface area contributed by atoms with Crippen LogP contribution in [0.2, 0.25) is 0 Å². The first-order valence-corrected chi connectivity index (χ1v) is 10.5. The molecule has 1 amide bonds. The van der Waals surface area contributed by atoms with Gasteiger partial charge in [-0.15, -0.1) is 11.3 Å². The number of nitrogens with zero attached hydrogens (tertiary/aromatic N) is 2.